The van der Waals surface area contributed by atoms with E-state index in [-0.39, 0.29) is 11.7 Å². The number of amides is 1. The molecule has 0 unspecified atom stereocenters. The number of hydrogen-bond acceptors (Lipinski definition) is 5. The zero-order valence-corrected chi connectivity index (χ0v) is 19.6. The lowest BCUT2D eigenvalue weighted by Gasteiger charge is -2.16. The number of nitrogens with one attached hydrogen (secondary N) is 1. The first-order chi connectivity index (χ1) is 17.1. The van der Waals surface area contributed by atoms with Crippen molar-refractivity contribution in [2.24, 2.45) is 0 Å². The summed E-state index contributed by atoms with van der Waals surface area (Å²) in [6.45, 7) is 4.30. The molecule has 4 heterocycles. The average Bonchev–Trinajstić information content (AvgIpc) is 3.59. The number of carbonyl (C=O) groups is 1. The minimum absolute atomic E-state index is 0.226. The number of anilines is 1. The normalized spacial score (nSPS) is 15.0. The van der Waals surface area contributed by atoms with Gasteiger partial charge in [-0.3, -0.25) is 9.20 Å². The number of likely N-dealkylation sites (tertiary alicyclic amines) is 1. The summed E-state index contributed by atoms with van der Waals surface area (Å²) >= 11 is 0. The maximum atomic E-state index is 14.6. The molecule has 0 aliphatic carbocycles. The summed E-state index contributed by atoms with van der Waals surface area (Å²) in [6, 6.07) is 11.4. The molecule has 0 bridgehead atoms. The molecule has 1 N–H and O–H groups in total. The number of benzene rings is 2. The molecule has 0 saturated carbocycles. The fourth-order valence-corrected chi connectivity index (χ4v) is 4.98. The van der Waals surface area contributed by atoms with Crippen LogP contribution in [0, 0.1) is 12.7 Å². The second-order valence-electron chi connectivity index (χ2n) is 9.14. The number of fused-ring (bicyclic) bond motifs is 2. The molecule has 2 aliphatic heterocycles. The first-order valence-electron chi connectivity index (χ1n) is 12.0. The van der Waals surface area contributed by atoms with Gasteiger partial charge in [0.2, 0.25) is 11.9 Å². The fourth-order valence-electron chi connectivity index (χ4n) is 4.98. The van der Waals surface area contributed by atoms with Gasteiger partial charge in [-0.1, -0.05) is 24.3 Å². The minimum Gasteiger partial charge on any atom is -0.493 e. The van der Waals surface area contributed by atoms with Crippen LogP contribution >= 0.6 is 0 Å². The fraction of sp³-hybridized carbons (Fsp3) is 0.296. The lowest BCUT2D eigenvalue weighted by atomic mass is 10.0. The van der Waals surface area contributed by atoms with E-state index in [0.717, 1.165) is 52.3 Å². The molecule has 8 heteroatoms. The maximum absolute atomic E-state index is 14.6. The molecule has 6 rings (SSSR count). The van der Waals surface area contributed by atoms with Crippen molar-refractivity contribution >= 4 is 17.5 Å². The molecule has 1 saturated heterocycles. The van der Waals surface area contributed by atoms with Gasteiger partial charge in [-0.15, -0.1) is 0 Å². The van der Waals surface area contributed by atoms with Crippen molar-refractivity contribution in [2.75, 3.05) is 18.5 Å². The van der Waals surface area contributed by atoms with Crippen molar-refractivity contribution in [1.29, 1.82) is 0 Å². The summed E-state index contributed by atoms with van der Waals surface area (Å²) < 4.78 is 22.1. The molecule has 0 radical (unpaired) electrons. The highest BCUT2D eigenvalue weighted by Gasteiger charge is 2.21. The van der Waals surface area contributed by atoms with E-state index < -0.39 is 0 Å². The van der Waals surface area contributed by atoms with Crippen molar-refractivity contribution < 1.29 is 13.9 Å². The van der Waals surface area contributed by atoms with Crippen LogP contribution in [0.25, 0.3) is 16.8 Å². The lowest BCUT2D eigenvalue weighted by molar-refractivity contribution is -0.128. The predicted molar refractivity (Wildman–Crippen MR) is 131 cm³/mol. The molecule has 1 amide bonds. The number of aryl methyl sites for hydroxylation is 1. The Morgan fingerprint density at radius 2 is 2.00 bits per heavy atom. The van der Waals surface area contributed by atoms with Gasteiger partial charge >= 0.3 is 0 Å². The summed E-state index contributed by atoms with van der Waals surface area (Å²) in [5.74, 6) is 1.34. The van der Waals surface area contributed by atoms with Gasteiger partial charge < -0.3 is 15.0 Å². The van der Waals surface area contributed by atoms with E-state index in [4.69, 9.17) is 9.72 Å². The minimum atomic E-state index is -0.243. The average molecular weight is 472 g/mol. The molecular formula is C27H26FN5O2. The van der Waals surface area contributed by atoms with E-state index in [2.05, 4.69) is 22.4 Å². The second-order valence-corrected chi connectivity index (χ2v) is 9.14. The van der Waals surface area contributed by atoms with E-state index in [0.29, 0.717) is 44.0 Å². The van der Waals surface area contributed by atoms with Gasteiger partial charge in [0.25, 0.3) is 0 Å². The van der Waals surface area contributed by atoms with Gasteiger partial charge in [-0.05, 0) is 36.6 Å². The Hall–Kier alpha value is -3.94. The molecule has 1 fully saturated rings. The van der Waals surface area contributed by atoms with Gasteiger partial charge in [-0.2, -0.15) is 0 Å². The van der Waals surface area contributed by atoms with Crippen molar-refractivity contribution in [3.63, 3.8) is 0 Å². The Labute approximate surface area is 202 Å². The molecule has 178 valence electrons. The number of halogens is 1. The maximum Gasteiger partial charge on any atom is 0.222 e. The van der Waals surface area contributed by atoms with E-state index in [1.165, 1.54) is 6.07 Å². The molecule has 0 spiro atoms. The number of hydrogen-bond donors (Lipinski definition) is 1. The van der Waals surface area contributed by atoms with Crippen molar-refractivity contribution in [3.8, 4) is 16.9 Å². The Bertz CT molecular complexity index is 1430. The van der Waals surface area contributed by atoms with Gasteiger partial charge in [0, 0.05) is 61.6 Å². The van der Waals surface area contributed by atoms with Gasteiger partial charge in [0.15, 0.2) is 0 Å². The molecule has 2 aromatic heterocycles. The highest BCUT2D eigenvalue weighted by molar-refractivity contribution is 5.79. The molecule has 2 aromatic carbocycles. The standard InChI is InChI=1S/C27H26FN5O2/c1-17-15-33-26(31-17)21(19-6-4-18(5-7-19)16-32-11-2-3-25(32)34)13-29-27(33)30-14-22-20-10-12-35-24(20)9-8-23(22)28/h4-9,13,15H,2-3,10-12,14,16H2,1H3,(H,29,30). The molecule has 7 nitrogen and oxygen atoms in total. The second kappa shape index (κ2) is 8.69. The van der Waals surface area contributed by atoms with Crippen LogP contribution < -0.4 is 10.1 Å². The predicted octanol–water partition coefficient (Wildman–Crippen LogP) is 4.51. The summed E-state index contributed by atoms with van der Waals surface area (Å²) in [4.78, 5) is 23.2. The van der Waals surface area contributed by atoms with Crippen LogP contribution in [0.5, 0.6) is 5.75 Å². The van der Waals surface area contributed by atoms with Gasteiger partial charge in [-0.25, -0.2) is 14.4 Å². The highest BCUT2D eigenvalue weighted by atomic mass is 19.1. The summed E-state index contributed by atoms with van der Waals surface area (Å²) in [7, 11) is 0. The zero-order valence-electron chi connectivity index (χ0n) is 19.6. The third-order valence-electron chi connectivity index (χ3n) is 6.79. The Morgan fingerprint density at radius 3 is 2.80 bits per heavy atom. The molecule has 0 atom stereocenters. The number of ether oxygens (including phenoxy) is 1. The summed E-state index contributed by atoms with van der Waals surface area (Å²) in [5, 5.41) is 3.30. The van der Waals surface area contributed by atoms with Crippen LogP contribution in [0.2, 0.25) is 0 Å². The SMILES string of the molecule is Cc1cn2c(NCc3c(F)ccc4c3CCO4)ncc(-c3ccc(CN4CCCC4=O)cc3)c2n1. The Morgan fingerprint density at radius 1 is 1.14 bits per heavy atom. The smallest absolute Gasteiger partial charge is 0.222 e. The number of aromatic nitrogens is 3. The van der Waals surface area contributed by atoms with Crippen LogP contribution in [-0.4, -0.2) is 38.3 Å². The van der Waals surface area contributed by atoms with E-state index in [1.807, 2.05) is 34.6 Å². The highest BCUT2D eigenvalue weighted by Crippen LogP contribution is 2.31. The van der Waals surface area contributed by atoms with Crippen LogP contribution in [0.4, 0.5) is 10.3 Å². The van der Waals surface area contributed by atoms with Crippen molar-refractivity contribution in [3.05, 3.63) is 77.0 Å². The molecule has 2 aliphatic rings. The Kier molecular flexibility index (Phi) is 5.36. The molecule has 35 heavy (non-hydrogen) atoms. The number of rotatable bonds is 6. The summed E-state index contributed by atoms with van der Waals surface area (Å²) in [6.07, 6.45) is 6.02. The first kappa shape index (κ1) is 21.6. The lowest BCUT2D eigenvalue weighted by Crippen LogP contribution is -2.23. The van der Waals surface area contributed by atoms with Crippen molar-refractivity contribution in [1.82, 2.24) is 19.3 Å². The van der Waals surface area contributed by atoms with Gasteiger partial charge in [0.1, 0.15) is 17.2 Å². The van der Waals surface area contributed by atoms with Gasteiger partial charge in [0.05, 0.1) is 12.3 Å². The topological polar surface area (TPSA) is 71.8 Å². The van der Waals surface area contributed by atoms with Crippen LogP contribution in [0.15, 0.2) is 48.8 Å². The van der Waals surface area contributed by atoms with E-state index in [9.17, 15) is 9.18 Å². The van der Waals surface area contributed by atoms with E-state index in [1.54, 1.807) is 12.3 Å². The number of imidazole rings is 1. The molecular weight excluding hydrogens is 445 g/mol. The first-order valence-corrected chi connectivity index (χ1v) is 12.0. The number of carbonyl (C=O) groups excluding carboxylic acids is 1. The van der Waals surface area contributed by atoms with Crippen molar-refractivity contribution in [2.45, 2.75) is 39.3 Å². The zero-order chi connectivity index (χ0) is 23.9. The Balaban J connectivity index is 1.27. The third kappa shape index (κ3) is 3.99. The quantitative estimate of drug-likeness (QED) is 0.448. The van der Waals surface area contributed by atoms with E-state index >= 15 is 0 Å². The van der Waals surface area contributed by atoms with Crippen LogP contribution in [0.3, 0.4) is 0 Å². The van der Waals surface area contributed by atoms with Crippen LogP contribution in [-0.2, 0) is 24.3 Å². The summed E-state index contributed by atoms with van der Waals surface area (Å²) in [5.41, 5.74) is 6.20. The molecule has 4 aromatic rings. The largest absolute Gasteiger partial charge is 0.493 e. The number of nitrogens with zero attached hydrogens (tertiary/aromatic N) is 4. The third-order valence-corrected chi connectivity index (χ3v) is 6.79. The monoisotopic (exact) mass is 471 g/mol. The van der Waals surface area contributed by atoms with Crippen LogP contribution in [0.1, 0.15) is 35.2 Å².